The zero-order valence-corrected chi connectivity index (χ0v) is 19.8. The van der Waals surface area contributed by atoms with Crippen molar-refractivity contribution in [1.29, 1.82) is 0 Å². The van der Waals surface area contributed by atoms with Gasteiger partial charge in [-0.1, -0.05) is 67.8 Å². The highest BCUT2D eigenvalue weighted by atomic mass is 16.5. The van der Waals surface area contributed by atoms with Gasteiger partial charge in [-0.3, -0.25) is 9.59 Å². The molecule has 2 aromatic rings. The Morgan fingerprint density at radius 2 is 1.37 bits per heavy atom. The summed E-state index contributed by atoms with van der Waals surface area (Å²) in [5.41, 5.74) is 3.36. The van der Waals surface area contributed by atoms with Crippen molar-refractivity contribution in [2.45, 2.75) is 74.8 Å². The van der Waals surface area contributed by atoms with E-state index in [0.717, 1.165) is 30.4 Å². The Morgan fingerprint density at radius 3 is 1.94 bits per heavy atom. The number of hydrogen-bond acceptors (Lipinski definition) is 4. The van der Waals surface area contributed by atoms with Gasteiger partial charge in [-0.15, -0.1) is 0 Å². The SMILES string of the molecule is O=C(O)CC1(NC(=O)CC2(NC(=O)OCC3c4ccccc4-c4ccccc43)CC2)CCCCC1. The van der Waals surface area contributed by atoms with Crippen molar-refractivity contribution in [1.82, 2.24) is 10.6 Å². The molecule has 35 heavy (non-hydrogen) atoms. The van der Waals surface area contributed by atoms with Gasteiger partial charge in [-0.25, -0.2) is 4.79 Å². The van der Waals surface area contributed by atoms with Crippen LogP contribution >= 0.6 is 0 Å². The summed E-state index contributed by atoms with van der Waals surface area (Å²) in [6, 6.07) is 16.4. The second-order valence-corrected chi connectivity index (χ2v) is 10.4. The fourth-order valence-corrected chi connectivity index (χ4v) is 5.86. The number of nitrogens with one attached hydrogen (secondary N) is 2. The summed E-state index contributed by atoms with van der Waals surface area (Å²) in [5.74, 6) is -1.12. The number of benzene rings is 2. The number of alkyl carbamates (subject to hydrolysis) is 1. The second-order valence-electron chi connectivity index (χ2n) is 10.4. The van der Waals surface area contributed by atoms with Crippen LogP contribution in [0.25, 0.3) is 11.1 Å². The molecule has 0 saturated heterocycles. The first-order chi connectivity index (χ1) is 16.9. The molecular weight excluding hydrogens is 444 g/mol. The van der Waals surface area contributed by atoms with Gasteiger partial charge in [0.05, 0.1) is 17.5 Å². The molecule has 2 saturated carbocycles. The third-order valence-electron chi connectivity index (χ3n) is 7.77. The van der Waals surface area contributed by atoms with Crippen LogP contribution in [0.2, 0.25) is 0 Å². The smallest absolute Gasteiger partial charge is 0.407 e. The molecule has 2 aromatic carbocycles. The molecule has 0 aromatic heterocycles. The number of carbonyl (C=O) groups excluding carboxylic acids is 2. The van der Waals surface area contributed by atoms with E-state index in [0.29, 0.717) is 25.7 Å². The molecule has 7 heteroatoms. The molecule has 0 spiro atoms. The Bertz CT molecular complexity index is 1090. The van der Waals surface area contributed by atoms with Gasteiger partial charge in [0.15, 0.2) is 0 Å². The third-order valence-corrected chi connectivity index (χ3v) is 7.77. The highest BCUT2D eigenvalue weighted by Gasteiger charge is 2.47. The molecular formula is C28H32N2O5. The monoisotopic (exact) mass is 476 g/mol. The highest BCUT2D eigenvalue weighted by molar-refractivity contribution is 5.82. The van der Waals surface area contributed by atoms with Crippen LogP contribution in [0.4, 0.5) is 4.79 Å². The minimum Gasteiger partial charge on any atom is -0.481 e. The van der Waals surface area contributed by atoms with E-state index in [4.69, 9.17) is 4.74 Å². The van der Waals surface area contributed by atoms with Gasteiger partial charge in [0, 0.05) is 12.3 Å². The molecule has 0 bridgehead atoms. The summed E-state index contributed by atoms with van der Waals surface area (Å²) in [6.45, 7) is 0.226. The number of hydrogen-bond donors (Lipinski definition) is 3. The van der Waals surface area contributed by atoms with Crippen LogP contribution in [0.3, 0.4) is 0 Å². The lowest BCUT2D eigenvalue weighted by Gasteiger charge is -2.37. The summed E-state index contributed by atoms with van der Waals surface area (Å²) >= 11 is 0. The van der Waals surface area contributed by atoms with Crippen LogP contribution in [-0.4, -0.2) is 40.8 Å². The molecule has 0 aliphatic heterocycles. The van der Waals surface area contributed by atoms with E-state index in [9.17, 15) is 19.5 Å². The quantitative estimate of drug-likeness (QED) is 0.510. The van der Waals surface area contributed by atoms with Crippen molar-refractivity contribution in [3.63, 3.8) is 0 Å². The van der Waals surface area contributed by atoms with Gasteiger partial charge in [0.25, 0.3) is 0 Å². The number of ether oxygens (including phenoxy) is 1. The first kappa shape index (κ1) is 23.4. The highest BCUT2D eigenvalue weighted by Crippen LogP contribution is 2.45. The largest absolute Gasteiger partial charge is 0.481 e. The zero-order valence-electron chi connectivity index (χ0n) is 19.8. The van der Waals surface area contributed by atoms with E-state index in [-0.39, 0.29) is 31.3 Å². The van der Waals surface area contributed by atoms with Crippen LogP contribution < -0.4 is 10.6 Å². The Balaban J connectivity index is 1.18. The maximum atomic E-state index is 12.9. The van der Waals surface area contributed by atoms with Crippen molar-refractivity contribution in [2.75, 3.05) is 6.61 Å². The van der Waals surface area contributed by atoms with Gasteiger partial charge in [-0.05, 0) is 47.9 Å². The van der Waals surface area contributed by atoms with Gasteiger partial charge in [-0.2, -0.15) is 0 Å². The number of carboxylic acids is 1. The van der Waals surface area contributed by atoms with Crippen LogP contribution in [0.15, 0.2) is 48.5 Å². The van der Waals surface area contributed by atoms with Crippen molar-refractivity contribution < 1.29 is 24.2 Å². The summed E-state index contributed by atoms with van der Waals surface area (Å²) in [6.07, 6.45) is 5.21. The van der Waals surface area contributed by atoms with Crippen LogP contribution in [0, 0.1) is 0 Å². The molecule has 0 heterocycles. The Hall–Kier alpha value is -3.35. The maximum Gasteiger partial charge on any atom is 0.407 e. The van der Waals surface area contributed by atoms with Crippen LogP contribution in [0.5, 0.6) is 0 Å². The third kappa shape index (κ3) is 5.04. The Labute approximate surface area is 205 Å². The summed E-state index contributed by atoms with van der Waals surface area (Å²) < 4.78 is 5.66. The minimum absolute atomic E-state index is 0.0196. The zero-order chi connectivity index (χ0) is 24.5. The Kier molecular flexibility index (Phi) is 6.26. The predicted octanol–water partition coefficient (Wildman–Crippen LogP) is 4.74. The fraction of sp³-hybridized carbons (Fsp3) is 0.464. The van der Waals surface area contributed by atoms with Crippen LogP contribution in [0.1, 0.15) is 74.8 Å². The molecule has 3 aliphatic carbocycles. The number of fused-ring (bicyclic) bond motifs is 3. The van der Waals surface area contributed by atoms with Crippen molar-refractivity contribution >= 4 is 18.0 Å². The summed E-state index contributed by atoms with van der Waals surface area (Å²) in [7, 11) is 0. The normalized spacial score (nSPS) is 19.2. The van der Waals surface area contributed by atoms with E-state index in [2.05, 4.69) is 34.9 Å². The standard InChI is InChI=1S/C28H32N2O5/c31-24(29-27(17-25(32)33)12-6-1-7-13-27)16-28(14-15-28)30-26(34)35-18-23-21-10-4-2-8-19(21)20-9-3-5-11-22(20)23/h2-5,8-11,23H,1,6-7,12-18H2,(H,29,31)(H,30,34)(H,32,33). The molecule has 5 rings (SSSR count). The molecule has 0 radical (unpaired) electrons. The number of carbonyl (C=O) groups is 3. The Morgan fingerprint density at radius 1 is 0.800 bits per heavy atom. The minimum atomic E-state index is -0.898. The number of amides is 2. The van der Waals surface area contributed by atoms with Gasteiger partial charge >= 0.3 is 12.1 Å². The molecule has 0 atom stereocenters. The molecule has 0 unspecified atom stereocenters. The van der Waals surface area contributed by atoms with Crippen molar-refractivity contribution in [2.24, 2.45) is 0 Å². The second kappa shape index (κ2) is 9.36. The topological polar surface area (TPSA) is 105 Å². The lowest BCUT2D eigenvalue weighted by molar-refractivity contribution is -0.139. The molecule has 2 fully saturated rings. The lowest BCUT2D eigenvalue weighted by Crippen LogP contribution is -2.53. The van der Waals surface area contributed by atoms with E-state index in [1.165, 1.54) is 11.1 Å². The van der Waals surface area contributed by atoms with E-state index >= 15 is 0 Å². The number of aliphatic carboxylic acids is 1. The van der Waals surface area contributed by atoms with Gasteiger partial charge in [0.2, 0.25) is 5.91 Å². The average Bonchev–Trinajstić information content (AvgIpc) is 3.49. The summed E-state index contributed by atoms with van der Waals surface area (Å²) in [4.78, 5) is 37.0. The first-order valence-electron chi connectivity index (χ1n) is 12.5. The molecule has 2 amide bonds. The molecule has 3 aliphatic rings. The molecule has 7 nitrogen and oxygen atoms in total. The fourth-order valence-electron chi connectivity index (χ4n) is 5.86. The van der Waals surface area contributed by atoms with Crippen LogP contribution in [-0.2, 0) is 14.3 Å². The predicted molar refractivity (Wildman–Crippen MR) is 131 cm³/mol. The van der Waals surface area contributed by atoms with E-state index in [1.54, 1.807) is 0 Å². The van der Waals surface area contributed by atoms with Gasteiger partial charge < -0.3 is 20.5 Å². The molecule has 3 N–H and O–H groups in total. The lowest BCUT2D eigenvalue weighted by atomic mass is 9.79. The van der Waals surface area contributed by atoms with E-state index in [1.807, 2.05) is 24.3 Å². The van der Waals surface area contributed by atoms with Crippen molar-refractivity contribution in [3.8, 4) is 11.1 Å². The number of rotatable bonds is 8. The van der Waals surface area contributed by atoms with Crippen molar-refractivity contribution in [3.05, 3.63) is 59.7 Å². The maximum absolute atomic E-state index is 12.9. The number of carboxylic acid groups (broad SMARTS) is 1. The molecule has 184 valence electrons. The van der Waals surface area contributed by atoms with E-state index < -0.39 is 23.1 Å². The first-order valence-corrected chi connectivity index (χ1v) is 12.5. The average molecular weight is 477 g/mol. The summed E-state index contributed by atoms with van der Waals surface area (Å²) in [5, 5.41) is 15.3. The van der Waals surface area contributed by atoms with Gasteiger partial charge in [0.1, 0.15) is 6.61 Å².